The van der Waals surface area contributed by atoms with Gasteiger partial charge in [0.1, 0.15) is 11.9 Å². The van der Waals surface area contributed by atoms with E-state index < -0.39 is 29.6 Å². The smallest absolute Gasteiger partial charge is 0.326 e. The number of nitrogens with two attached hydrogens (primary N) is 1. The van der Waals surface area contributed by atoms with Gasteiger partial charge < -0.3 is 21.5 Å². The van der Waals surface area contributed by atoms with Gasteiger partial charge in [-0.3, -0.25) is 14.4 Å². The number of benzene rings is 2. The van der Waals surface area contributed by atoms with Crippen LogP contribution in [0.4, 0.5) is 0 Å². The summed E-state index contributed by atoms with van der Waals surface area (Å²) < 4.78 is 0. The molecule has 0 aliphatic rings. The van der Waals surface area contributed by atoms with Crippen molar-refractivity contribution in [1.29, 1.82) is 5.26 Å². The van der Waals surface area contributed by atoms with E-state index in [0.717, 1.165) is 0 Å². The number of aliphatic carboxylic acids is 1. The zero-order chi connectivity index (χ0) is 26.0. The molecule has 0 saturated carbocycles. The molecule has 0 spiro atoms. The number of nitrogens with zero attached hydrogens (tertiary/aromatic N) is 2. The third-order valence-electron chi connectivity index (χ3n) is 4.72. The van der Waals surface area contributed by atoms with Gasteiger partial charge in [0, 0.05) is 18.4 Å². The lowest BCUT2D eigenvalue weighted by Gasteiger charge is -2.15. The van der Waals surface area contributed by atoms with E-state index in [1.807, 2.05) is 0 Å². The molecule has 0 aliphatic carbocycles. The van der Waals surface area contributed by atoms with Crippen LogP contribution in [0.5, 0.6) is 0 Å². The van der Waals surface area contributed by atoms with Crippen molar-refractivity contribution in [1.82, 2.24) is 10.6 Å². The number of hydrogen-bond donors (Lipinski definition) is 4. The van der Waals surface area contributed by atoms with E-state index in [0.29, 0.717) is 5.56 Å². The molecular weight excluding hydrogens is 497 g/mol. The maximum atomic E-state index is 12.4. The maximum Gasteiger partial charge on any atom is 0.326 e. The molecule has 2 rings (SSSR count). The fourth-order valence-electron chi connectivity index (χ4n) is 3.01. The summed E-state index contributed by atoms with van der Waals surface area (Å²) in [7, 11) is 0. The van der Waals surface area contributed by atoms with Crippen molar-refractivity contribution in [2.24, 2.45) is 10.7 Å². The lowest BCUT2D eigenvalue weighted by Crippen LogP contribution is -2.41. The SMILES string of the molecule is N#CN=C(N)Cc1cccc(C(=O)NCC(=O)CCC(NC(=O)c2c(Cl)cccc2Cl)C(=O)O)c1. The molecule has 5 N–H and O–H groups in total. The van der Waals surface area contributed by atoms with Crippen molar-refractivity contribution in [3.05, 3.63) is 69.2 Å². The van der Waals surface area contributed by atoms with Crippen LogP contribution >= 0.6 is 23.2 Å². The highest BCUT2D eigenvalue weighted by molar-refractivity contribution is 6.39. The van der Waals surface area contributed by atoms with Gasteiger partial charge in [0.05, 0.1) is 22.2 Å². The van der Waals surface area contributed by atoms with Crippen molar-refractivity contribution < 1.29 is 24.3 Å². The minimum absolute atomic E-state index is 0.0574. The monoisotopic (exact) mass is 517 g/mol. The van der Waals surface area contributed by atoms with Crippen molar-refractivity contribution >= 4 is 52.6 Å². The van der Waals surface area contributed by atoms with Gasteiger partial charge in [-0.25, -0.2) is 4.79 Å². The summed E-state index contributed by atoms with van der Waals surface area (Å²) in [4.78, 5) is 52.0. The summed E-state index contributed by atoms with van der Waals surface area (Å²) in [6.45, 7) is -0.336. The molecule has 0 bridgehead atoms. The number of nitriles is 1. The molecule has 0 radical (unpaired) electrons. The van der Waals surface area contributed by atoms with Crippen LogP contribution in [0.2, 0.25) is 10.0 Å². The van der Waals surface area contributed by atoms with Crippen molar-refractivity contribution in [2.75, 3.05) is 6.54 Å². The van der Waals surface area contributed by atoms with Crippen LogP contribution in [0.1, 0.15) is 39.1 Å². The number of carboxylic acids is 1. The van der Waals surface area contributed by atoms with Gasteiger partial charge in [0.2, 0.25) is 6.19 Å². The van der Waals surface area contributed by atoms with E-state index in [-0.39, 0.29) is 52.8 Å². The molecule has 0 aromatic heterocycles. The van der Waals surface area contributed by atoms with Gasteiger partial charge in [-0.2, -0.15) is 10.3 Å². The molecule has 0 saturated heterocycles. The van der Waals surface area contributed by atoms with Gasteiger partial charge in [-0.15, -0.1) is 0 Å². The summed E-state index contributed by atoms with van der Waals surface area (Å²) >= 11 is 11.9. The molecule has 0 heterocycles. The zero-order valence-electron chi connectivity index (χ0n) is 18.3. The predicted molar refractivity (Wildman–Crippen MR) is 129 cm³/mol. The van der Waals surface area contributed by atoms with Crippen LogP contribution in [0.25, 0.3) is 0 Å². The molecule has 1 atom stereocenters. The number of halogens is 2. The maximum absolute atomic E-state index is 12.4. The minimum atomic E-state index is -1.37. The largest absolute Gasteiger partial charge is 0.480 e. The van der Waals surface area contributed by atoms with E-state index >= 15 is 0 Å². The minimum Gasteiger partial charge on any atom is -0.480 e. The van der Waals surface area contributed by atoms with Crippen LogP contribution in [0, 0.1) is 11.5 Å². The molecular formula is C23H21Cl2N5O5. The first-order valence-electron chi connectivity index (χ1n) is 10.2. The van der Waals surface area contributed by atoms with Crippen LogP contribution in [-0.4, -0.2) is 47.1 Å². The first-order valence-corrected chi connectivity index (χ1v) is 11.0. The Bertz CT molecular complexity index is 1190. The third kappa shape index (κ3) is 8.41. The summed E-state index contributed by atoms with van der Waals surface area (Å²) in [5.74, 6) is -2.98. The standard InChI is InChI=1S/C23H21Cl2N5O5/c24-16-5-2-6-17(25)20(16)22(33)30-18(23(34)35)8-7-15(31)11-28-21(32)14-4-1-3-13(9-14)10-19(27)29-12-26/h1-6,9,18H,7-8,10-11H2,(H2,27,29)(H,28,32)(H,30,33)(H,34,35). The molecule has 12 heteroatoms. The Balaban J connectivity index is 1.90. The summed E-state index contributed by atoms with van der Waals surface area (Å²) in [5, 5.41) is 22.8. The second kappa shape index (κ2) is 13.1. The number of ketones is 1. The number of carbonyl (C=O) groups excluding carboxylic acids is 3. The highest BCUT2D eigenvalue weighted by atomic mass is 35.5. The van der Waals surface area contributed by atoms with Crippen molar-refractivity contribution in [3.63, 3.8) is 0 Å². The average molecular weight is 518 g/mol. The highest BCUT2D eigenvalue weighted by Gasteiger charge is 2.24. The predicted octanol–water partition coefficient (Wildman–Crippen LogP) is 2.34. The Kier molecular flexibility index (Phi) is 10.2. The lowest BCUT2D eigenvalue weighted by molar-refractivity contribution is -0.139. The fraction of sp³-hybridized carbons (Fsp3) is 0.217. The van der Waals surface area contributed by atoms with Gasteiger partial charge in [0.25, 0.3) is 11.8 Å². The molecule has 2 aromatic rings. The second-order valence-corrected chi connectivity index (χ2v) is 8.12. The summed E-state index contributed by atoms with van der Waals surface area (Å²) in [6.07, 6.45) is 1.34. The average Bonchev–Trinajstić information content (AvgIpc) is 2.80. The van der Waals surface area contributed by atoms with E-state index in [1.54, 1.807) is 24.4 Å². The number of amides is 2. The number of amidine groups is 1. The number of aliphatic imine (C=N–C) groups is 1. The Morgan fingerprint density at radius 3 is 2.37 bits per heavy atom. The number of Topliss-reactive ketones (excluding diaryl/α,β-unsaturated/α-hetero) is 1. The van der Waals surface area contributed by atoms with Gasteiger partial charge in [0.15, 0.2) is 5.78 Å². The van der Waals surface area contributed by atoms with E-state index in [9.17, 15) is 24.3 Å². The second-order valence-electron chi connectivity index (χ2n) is 7.30. The molecule has 10 nitrogen and oxygen atoms in total. The lowest BCUT2D eigenvalue weighted by atomic mass is 10.1. The molecule has 0 fully saturated rings. The van der Waals surface area contributed by atoms with Gasteiger partial charge in [-0.1, -0.05) is 41.4 Å². The summed E-state index contributed by atoms with van der Waals surface area (Å²) in [6, 6.07) is 9.47. The summed E-state index contributed by atoms with van der Waals surface area (Å²) in [5.41, 5.74) is 6.46. The Labute approximate surface area is 210 Å². The van der Waals surface area contributed by atoms with E-state index in [1.165, 1.54) is 24.3 Å². The highest BCUT2D eigenvalue weighted by Crippen LogP contribution is 2.24. The molecule has 182 valence electrons. The first-order chi connectivity index (χ1) is 16.6. The van der Waals surface area contributed by atoms with Crippen molar-refractivity contribution in [3.8, 4) is 6.19 Å². The Morgan fingerprint density at radius 2 is 1.74 bits per heavy atom. The molecule has 0 aliphatic heterocycles. The molecule has 2 aromatic carbocycles. The third-order valence-corrected chi connectivity index (χ3v) is 5.35. The zero-order valence-corrected chi connectivity index (χ0v) is 19.8. The van der Waals surface area contributed by atoms with Gasteiger partial charge >= 0.3 is 5.97 Å². The Morgan fingerprint density at radius 1 is 1.09 bits per heavy atom. The number of carbonyl (C=O) groups is 4. The number of rotatable bonds is 11. The van der Waals surface area contributed by atoms with Crippen LogP contribution in [0.15, 0.2) is 47.5 Å². The number of carboxylic acid groups (broad SMARTS) is 1. The van der Waals surface area contributed by atoms with E-state index in [4.69, 9.17) is 34.2 Å². The Hall–Kier alpha value is -3.94. The van der Waals surface area contributed by atoms with Crippen LogP contribution < -0.4 is 16.4 Å². The van der Waals surface area contributed by atoms with Crippen molar-refractivity contribution in [2.45, 2.75) is 25.3 Å². The van der Waals surface area contributed by atoms with Crippen LogP contribution in [0.3, 0.4) is 0 Å². The normalized spacial score (nSPS) is 11.7. The first kappa shape index (κ1) is 27.3. The molecule has 35 heavy (non-hydrogen) atoms. The topological polar surface area (TPSA) is 175 Å². The van der Waals surface area contributed by atoms with Gasteiger partial charge in [-0.05, 0) is 36.2 Å². The number of nitrogens with one attached hydrogen (secondary N) is 2. The molecule has 2 amide bonds. The fourth-order valence-corrected chi connectivity index (χ4v) is 3.58. The van der Waals surface area contributed by atoms with E-state index in [2.05, 4.69) is 15.6 Å². The quantitative estimate of drug-likeness (QED) is 0.201. The molecule has 1 unspecified atom stereocenters. The number of hydrogen-bond acceptors (Lipinski definition) is 6. The van der Waals surface area contributed by atoms with Crippen LogP contribution in [-0.2, 0) is 16.0 Å².